The Labute approximate surface area is 171 Å². The Kier molecular flexibility index (Phi) is 5.07. The standard InChI is InChI=1S/C21H16F3N3O2S/c22-21(23,24)30(28,29)27-19(16-11-5-2-6-12-16)18(15-9-3-1-4-10-15)26-20(27)17-13-7-8-14-25-17/h1-14,18-19H. The monoisotopic (exact) mass is 431 g/mol. The molecule has 1 aliphatic heterocycles. The van der Waals surface area contributed by atoms with Gasteiger partial charge in [-0.05, 0) is 23.3 Å². The van der Waals surface area contributed by atoms with E-state index in [0.717, 1.165) is 0 Å². The second kappa shape index (κ2) is 7.56. The molecular formula is C21H16F3N3O2S. The first-order valence-electron chi connectivity index (χ1n) is 9.00. The third kappa shape index (κ3) is 3.45. The zero-order valence-corrected chi connectivity index (χ0v) is 16.3. The lowest BCUT2D eigenvalue weighted by atomic mass is 9.95. The normalized spacial score (nSPS) is 19.6. The summed E-state index contributed by atoms with van der Waals surface area (Å²) in [5.41, 5.74) is -4.46. The van der Waals surface area contributed by atoms with Crippen molar-refractivity contribution in [3.63, 3.8) is 0 Å². The molecule has 5 nitrogen and oxygen atoms in total. The van der Waals surface area contributed by atoms with E-state index in [2.05, 4.69) is 9.98 Å². The third-order valence-electron chi connectivity index (χ3n) is 4.75. The van der Waals surface area contributed by atoms with Crippen molar-refractivity contribution in [2.75, 3.05) is 0 Å². The number of rotatable bonds is 4. The molecular weight excluding hydrogens is 415 g/mol. The van der Waals surface area contributed by atoms with Gasteiger partial charge in [0.25, 0.3) is 0 Å². The van der Waals surface area contributed by atoms with Gasteiger partial charge in [-0.25, -0.2) is 4.31 Å². The molecule has 0 fully saturated rings. The highest BCUT2D eigenvalue weighted by Gasteiger charge is 2.57. The zero-order chi connectivity index (χ0) is 21.4. The first kappa shape index (κ1) is 20.1. The van der Waals surface area contributed by atoms with Gasteiger partial charge in [0.1, 0.15) is 11.7 Å². The molecule has 154 valence electrons. The molecule has 0 N–H and O–H groups in total. The fourth-order valence-electron chi connectivity index (χ4n) is 3.44. The van der Waals surface area contributed by atoms with E-state index in [9.17, 15) is 21.6 Å². The van der Waals surface area contributed by atoms with Crippen LogP contribution in [0.15, 0.2) is 90.1 Å². The lowest BCUT2D eigenvalue weighted by Gasteiger charge is -2.30. The molecule has 0 radical (unpaired) electrons. The molecule has 0 spiro atoms. The molecule has 9 heteroatoms. The molecule has 2 unspecified atom stereocenters. The Hall–Kier alpha value is -3.20. The molecule has 30 heavy (non-hydrogen) atoms. The first-order valence-corrected chi connectivity index (χ1v) is 10.4. The second-order valence-corrected chi connectivity index (χ2v) is 8.43. The first-order chi connectivity index (χ1) is 14.3. The minimum Gasteiger partial charge on any atom is -0.255 e. The maximum absolute atomic E-state index is 13.7. The van der Waals surface area contributed by atoms with Crippen molar-refractivity contribution in [1.29, 1.82) is 0 Å². The largest absolute Gasteiger partial charge is 0.516 e. The van der Waals surface area contributed by atoms with Crippen LogP contribution < -0.4 is 0 Å². The summed E-state index contributed by atoms with van der Waals surface area (Å²) >= 11 is 0. The smallest absolute Gasteiger partial charge is 0.255 e. The zero-order valence-electron chi connectivity index (χ0n) is 15.4. The molecule has 0 amide bonds. The van der Waals surface area contributed by atoms with Crippen LogP contribution in [-0.4, -0.2) is 29.1 Å². The van der Waals surface area contributed by atoms with E-state index in [1.165, 1.54) is 12.3 Å². The average molecular weight is 431 g/mol. The third-order valence-corrected chi connectivity index (χ3v) is 6.25. The lowest BCUT2D eigenvalue weighted by molar-refractivity contribution is -0.0479. The minimum atomic E-state index is -5.75. The van der Waals surface area contributed by atoms with Gasteiger partial charge in [-0.3, -0.25) is 9.98 Å². The number of aromatic nitrogens is 1. The maximum atomic E-state index is 13.7. The maximum Gasteiger partial charge on any atom is 0.516 e. The topological polar surface area (TPSA) is 62.6 Å². The molecule has 1 aromatic heterocycles. The highest BCUT2D eigenvalue weighted by atomic mass is 32.2. The van der Waals surface area contributed by atoms with Gasteiger partial charge in [-0.1, -0.05) is 66.7 Å². The summed E-state index contributed by atoms with van der Waals surface area (Å²) < 4.78 is 66.8. The average Bonchev–Trinajstić information content (AvgIpc) is 3.16. The van der Waals surface area contributed by atoms with Gasteiger partial charge in [0, 0.05) is 6.20 Å². The van der Waals surface area contributed by atoms with Crippen LogP contribution in [0, 0.1) is 0 Å². The van der Waals surface area contributed by atoms with E-state index < -0.39 is 27.6 Å². The number of sulfonamides is 1. The Morgan fingerprint density at radius 2 is 1.37 bits per heavy atom. The summed E-state index contributed by atoms with van der Waals surface area (Å²) in [6.07, 6.45) is 1.38. The predicted molar refractivity (Wildman–Crippen MR) is 106 cm³/mol. The van der Waals surface area contributed by atoms with Crippen LogP contribution in [0.3, 0.4) is 0 Å². The van der Waals surface area contributed by atoms with E-state index in [4.69, 9.17) is 0 Å². The Morgan fingerprint density at radius 3 is 1.90 bits per heavy atom. The van der Waals surface area contributed by atoms with Crippen LogP contribution >= 0.6 is 0 Å². The van der Waals surface area contributed by atoms with Gasteiger partial charge in [0.15, 0.2) is 5.84 Å². The fourth-order valence-corrected chi connectivity index (χ4v) is 4.57. The van der Waals surface area contributed by atoms with Crippen LogP contribution in [0.2, 0.25) is 0 Å². The lowest BCUT2D eigenvalue weighted by Crippen LogP contribution is -2.45. The highest BCUT2D eigenvalue weighted by Crippen LogP contribution is 2.47. The number of benzene rings is 2. The van der Waals surface area contributed by atoms with Crippen LogP contribution in [0.25, 0.3) is 0 Å². The Balaban J connectivity index is 1.98. The van der Waals surface area contributed by atoms with Crippen LogP contribution in [0.5, 0.6) is 0 Å². The number of hydrogen-bond acceptors (Lipinski definition) is 4. The van der Waals surface area contributed by atoms with E-state index in [1.54, 1.807) is 72.8 Å². The molecule has 0 saturated heterocycles. The molecule has 0 bridgehead atoms. The van der Waals surface area contributed by atoms with Crippen LogP contribution in [-0.2, 0) is 10.0 Å². The number of alkyl halides is 3. The van der Waals surface area contributed by atoms with Crippen molar-refractivity contribution in [3.05, 3.63) is 102 Å². The van der Waals surface area contributed by atoms with Crippen molar-refractivity contribution >= 4 is 15.9 Å². The van der Waals surface area contributed by atoms with E-state index in [0.29, 0.717) is 15.4 Å². The summed E-state index contributed by atoms with van der Waals surface area (Å²) in [6, 6.07) is 19.4. The van der Waals surface area contributed by atoms with E-state index in [-0.39, 0.29) is 11.5 Å². The van der Waals surface area contributed by atoms with Gasteiger partial charge in [0.2, 0.25) is 0 Å². The fraction of sp³-hybridized carbons (Fsp3) is 0.143. The molecule has 0 saturated carbocycles. The molecule has 4 rings (SSSR count). The Morgan fingerprint density at radius 1 is 0.800 bits per heavy atom. The predicted octanol–water partition coefficient (Wildman–Crippen LogP) is 4.48. The van der Waals surface area contributed by atoms with Gasteiger partial charge in [-0.15, -0.1) is 0 Å². The number of pyridine rings is 1. The van der Waals surface area contributed by atoms with Crippen molar-refractivity contribution < 1.29 is 21.6 Å². The number of nitrogens with zero attached hydrogens (tertiary/aromatic N) is 3. The molecule has 1 aliphatic rings. The quantitative estimate of drug-likeness (QED) is 0.612. The number of hydrogen-bond donors (Lipinski definition) is 0. The van der Waals surface area contributed by atoms with Crippen LogP contribution in [0.1, 0.15) is 28.9 Å². The van der Waals surface area contributed by atoms with Crippen molar-refractivity contribution in [3.8, 4) is 0 Å². The van der Waals surface area contributed by atoms with E-state index >= 15 is 0 Å². The number of halogens is 3. The van der Waals surface area contributed by atoms with Crippen molar-refractivity contribution in [2.24, 2.45) is 4.99 Å². The highest BCUT2D eigenvalue weighted by molar-refractivity contribution is 7.90. The van der Waals surface area contributed by atoms with Gasteiger partial charge >= 0.3 is 15.5 Å². The SMILES string of the molecule is O=S(=O)(N1C(c2ccccn2)=NC(c2ccccc2)C1c1ccccc1)C(F)(F)F. The molecule has 2 atom stereocenters. The van der Waals surface area contributed by atoms with Gasteiger partial charge < -0.3 is 0 Å². The molecule has 2 heterocycles. The van der Waals surface area contributed by atoms with Crippen molar-refractivity contribution in [2.45, 2.75) is 17.6 Å². The van der Waals surface area contributed by atoms with Gasteiger partial charge in [-0.2, -0.15) is 21.6 Å². The summed E-state index contributed by atoms with van der Waals surface area (Å²) in [5, 5.41) is 0. The minimum absolute atomic E-state index is 0.0460. The summed E-state index contributed by atoms with van der Waals surface area (Å²) in [4.78, 5) is 8.51. The van der Waals surface area contributed by atoms with Crippen LogP contribution in [0.4, 0.5) is 13.2 Å². The second-order valence-electron chi connectivity index (χ2n) is 6.63. The number of aliphatic imine (C=N–C) groups is 1. The molecule has 3 aromatic rings. The summed E-state index contributed by atoms with van der Waals surface area (Å²) in [6.45, 7) is 0. The molecule has 0 aliphatic carbocycles. The molecule has 2 aromatic carbocycles. The van der Waals surface area contributed by atoms with E-state index in [1.807, 2.05) is 0 Å². The summed E-state index contributed by atoms with van der Waals surface area (Å²) in [5.74, 6) is -0.337. The van der Waals surface area contributed by atoms with Gasteiger partial charge in [0.05, 0.1) is 6.04 Å². The Bertz CT molecular complexity index is 1150. The summed E-state index contributed by atoms with van der Waals surface area (Å²) in [7, 11) is -5.75. The van der Waals surface area contributed by atoms with Crippen molar-refractivity contribution in [1.82, 2.24) is 9.29 Å². The number of amidine groups is 1.